The second kappa shape index (κ2) is 8.82. The Bertz CT molecular complexity index is 863. The summed E-state index contributed by atoms with van der Waals surface area (Å²) in [7, 11) is 0. The molecule has 0 bridgehead atoms. The number of carbonyl (C=O) groups excluding carboxylic acids is 2. The molecule has 29 heavy (non-hydrogen) atoms. The predicted molar refractivity (Wildman–Crippen MR) is 111 cm³/mol. The Morgan fingerprint density at radius 2 is 1.93 bits per heavy atom. The maximum atomic E-state index is 12.2. The Kier molecular flexibility index (Phi) is 6.42. The molecule has 0 spiro atoms. The second-order valence-electron chi connectivity index (χ2n) is 8.49. The predicted octanol–water partition coefficient (Wildman–Crippen LogP) is 1.85. The van der Waals surface area contributed by atoms with Crippen molar-refractivity contribution < 1.29 is 14.3 Å². The number of carbonyl (C=O) groups is 2. The molecule has 158 valence electrons. The van der Waals surface area contributed by atoms with E-state index < -0.39 is 5.60 Å². The average Bonchev–Trinajstić information content (AvgIpc) is 3.04. The molecule has 0 atom stereocenters. The molecule has 1 fully saturated rings. The normalized spacial score (nSPS) is 15.5. The van der Waals surface area contributed by atoms with Crippen LogP contribution in [0.3, 0.4) is 0 Å². The van der Waals surface area contributed by atoms with E-state index in [0.717, 1.165) is 36.5 Å². The van der Waals surface area contributed by atoms with Crippen LogP contribution >= 0.6 is 0 Å². The summed E-state index contributed by atoms with van der Waals surface area (Å²) in [6, 6.07) is 3.98. The lowest BCUT2D eigenvalue weighted by Gasteiger charge is -2.35. The van der Waals surface area contributed by atoms with Gasteiger partial charge in [0.15, 0.2) is 0 Å². The topological polar surface area (TPSA) is 79.2 Å². The highest BCUT2D eigenvalue weighted by molar-refractivity contribution is 5.78. The van der Waals surface area contributed by atoms with E-state index in [1.807, 2.05) is 56.6 Å². The van der Waals surface area contributed by atoms with Gasteiger partial charge in [-0.1, -0.05) is 6.07 Å². The molecule has 2 aromatic heterocycles. The van der Waals surface area contributed by atoms with E-state index in [-0.39, 0.29) is 18.4 Å². The highest BCUT2D eigenvalue weighted by Crippen LogP contribution is 2.12. The number of imidazole rings is 1. The Morgan fingerprint density at radius 3 is 2.59 bits per heavy atom. The van der Waals surface area contributed by atoms with Crippen molar-refractivity contribution in [2.24, 2.45) is 0 Å². The fraction of sp³-hybridized carbons (Fsp3) is 0.571. The molecular formula is C21H31N5O3. The number of aryl methyl sites for hydroxylation is 1. The summed E-state index contributed by atoms with van der Waals surface area (Å²) < 4.78 is 7.36. The van der Waals surface area contributed by atoms with Crippen LogP contribution in [0.25, 0.3) is 5.65 Å². The number of pyridine rings is 1. The van der Waals surface area contributed by atoms with Crippen LogP contribution in [-0.2, 0) is 16.0 Å². The number of nitrogens with zero attached hydrogens (tertiary/aromatic N) is 4. The molecule has 8 nitrogen and oxygen atoms in total. The van der Waals surface area contributed by atoms with Gasteiger partial charge in [0.25, 0.3) is 0 Å². The van der Waals surface area contributed by atoms with E-state index in [9.17, 15) is 9.59 Å². The second-order valence-corrected chi connectivity index (χ2v) is 8.49. The summed E-state index contributed by atoms with van der Waals surface area (Å²) in [6.45, 7) is 11.8. The molecule has 3 heterocycles. The molecule has 0 radical (unpaired) electrons. The first kappa shape index (κ1) is 21.1. The molecule has 1 saturated heterocycles. The Balaban J connectivity index is 1.37. The lowest BCUT2D eigenvalue weighted by molar-refractivity contribution is -0.120. The summed E-state index contributed by atoms with van der Waals surface area (Å²) in [5, 5.41) is 2.97. The summed E-state index contributed by atoms with van der Waals surface area (Å²) in [6.07, 6.45) is 3.85. The zero-order valence-corrected chi connectivity index (χ0v) is 17.8. The first-order valence-electron chi connectivity index (χ1n) is 10.1. The molecule has 0 unspecified atom stereocenters. The quantitative estimate of drug-likeness (QED) is 0.827. The van der Waals surface area contributed by atoms with Crippen LogP contribution in [0.4, 0.5) is 4.79 Å². The van der Waals surface area contributed by atoms with Gasteiger partial charge in [0.05, 0.1) is 12.1 Å². The third kappa shape index (κ3) is 5.93. The fourth-order valence-corrected chi connectivity index (χ4v) is 3.35. The third-order valence-electron chi connectivity index (χ3n) is 4.84. The number of amides is 2. The van der Waals surface area contributed by atoms with Crippen LogP contribution in [0.1, 0.15) is 32.0 Å². The molecule has 2 amide bonds. The van der Waals surface area contributed by atoms with Crippen molar-refractivity contribution in [3.8, 4) is 0 Å². The molecule has 1 aliphatic heterocycles. The smallest absolute Gasteiger partial charge is 0.410 e. The van der Waals surface area contributed by atoms with E-state index in [1.165, 1.54) is 0 Å². The molecule has 0 saturated carbocycles. The molecular weight excluding hydrogens is 370 g/mol. The minimum absolute atomic E-state index is 0.0292. The molecule has 0 aliphatic carbocycles. The lowest BCUT2D eigenvalue weighted by atomic mass is 10.2. The average molecular weight is 402 g/mol. The monoisotopic (exact) mass is 401 g/mol. The Morgan fingerprint density at radius 1 is 1.21 bits per heavy atom. The van der Waals surface area contributed by atoms with Crippen LogP contribution in [0.15, 0.2) is 24.5 Å². The van der Waals surface area contributed by atoms with E-state index in [2.05, 4.69) is 15.2 Å². The maximum absolute atomic E-state index is 12.2. The van der Waals surface area contributed by atoms with Crippen molar-refractivity contribution in [2.45, 2.75) is 39.7 Å². The summed E-state index contributed by atoms with van der Waals surface area (Å²) in [4.78, 5) is 32.9. The van der Waals surface area contributed by atoms with Gasteiger partial charge < -0.3 is 19.4 Å². The van der Waals surface area contributed by atoms with Crippen molar-refractivity contribution in [2.75, 3.05) is 39.3 Å². The molecule has 3 rings (SSSR count). The van der Waals surface area contributed by atoms with Crippen LogP contribution in [0, 0.1) is 6.92 Å². The van der Waals surface area contributed by atoms with Crippen LogP contribution in [0.2, 0.25) is 0 Å². The highest BCUT2D eigenvalue weighted by Gasteiger charge is 2.25. The number of rotatable bonds is 5. The van der Waals surface area contributed by atoms with E-state index in [0.29, 0.717) is 19.6 Å². The molecule has 1 aliphatic rings. The van der Waals surface area contributed by atoms with Crippen LogP contribution < -0.4 is 5.32 Å². The molecule has 0 aromatic carbocycles. The molecule has 2 aromatic rings. The number of aromatic nitrogens is 2. The van der Waals surface area contributed by atoms with Gasteiger partial charge in [-0.3, -0.25) is 9.69 Å². The van der Waals surface area contributed by atoms with Crippen molar-refractivity contribution in [1.29, 1.82) is 0 Å². The lowest BCUT2D eigenvalue weighted by Crippen LogP contribution is -2.51. The molecule has 8 heteroatoms. The zero-order valence-electron chi connectivity index (χ0n) is 17.8. The maximum Gasteiger partial charge on any atom is 0.410 e. The van der Waals surface area contributed by atoms with Gasteiger partial charge in [0.1, 0.15) is 11.2 Å². The Hall–Kier alpha value is -2.61. The minimum Gasteiger partial charge on any atom is -0.444 e. The zero-order chi connectivity index (χ0) is 21.0. The summed E-state index contributed by atoms with van der Waals surface area (Å²) >= 11 is 0. The summed E-state index contributed by atoms with van der Waals surface area (Å²) in [5.41, 5.74) is 2.27. The van der Waals surface area contributed by atoms with Gasteiger partial charge in [0, 0.05) is 51.7 Å². The number of fused-ring (bicyclic) bond motifs is 1. The molecule has 1 N–H and O–H groups in total. The van der Waals surface area contributed by atoms with Gasteiger partial charge in [-0.15, -0.1) is 0 Å². The number of hydrogen-bond acceptors (Lipinski definition) is 5. The van der Waals surface area contributed by atoms with Crippen molar-refractivity contribution in [3.05, 3.63) is 35.8 Å². The van der Waals surface area contributed by atoms with Crippen molar-refractivity contribution >= 4 is 17.6 Å². The number of piperazine rings is 1. The van der Waals surface area contributed by atoms with Gasteiger partial charge in [0.2, 0.25) is 5.91 Å². The largest absolute Gasteiger partial charge is 0.444 e. The van der Waals surface area contributed by atoms with Gasteiger partial charge in [-0.2, -0.15) is 0 Å². The number of nitrogens with one attached hydrogen (secondary N) is 1. The van der Waals surface area contributed by atoms with Gasteiger partial charge in [-0.25, -0.2) is 9.78 Å². The van der Waals surface area contributed by atoms with Crippen LogP contribution in [0.5, 0.6) is 0 Å². The van der Waals surface area contributed by atoms with Gasteiger partial charge >= 0.3 is 6.09 Å². The first-order chi connectivity index (χ1) is 13.7. The van der Waals surface area contributed by atoms with Crippen LogP contribution in [-0.4, -0.2) is 76.1 Å². The Labute approximate surface area is 171 Å². The van der Waals surface area contributed by atoms with Crippen molar-refractivity contribution in [1.82, 2.24) is 24.5 Å². The standard InChI is InChI=1S/C21H31N5O3/c1-16-6-5-8-26-15-17(23-19(16)26)14-18(27)22-7-9-24-10-12-25(13-11-24)20(28)29-21(2,3)4/h5-6,8,15H,7,9-14H2,1-4H3,(H,22,27). The van der Waals surface area contributed by atoms with E-state index in [4.69, 9.17) is 4.74 Å². The number of hydrogen-bond donors (Lipinski definition) is 1. The third-order valence-corrected chi connectivity index (χ3v) is 4.84. The minimum atomic E-state index is -0.474. The van der Waals surface area contributed by atoms with Gasteiger partial charge in [-0.05, 0) is 39.3 Å². The summed E-state index contributed by atoms with van der Waals surface area (Å²) in [5.74, 6) is -0.0292. The first-order valence-corrected chi connectivity index (χ1v) is 10.1. The van der Waals surface area contributed by atoms with Crippen molar-refractivity contribution in [3.63, 3.8) is 0 Å². The highest BCUT2D eigenvalue weighted by atomic mass is 16.6. The fourth-order valence-electron chi connectivity index (χ4n) is 3.35. The van der Waals surface area contributed by atoms with E-state index >= 15 is 0 Å². The number of ether oxygens (including phenoxy) is 1. The SMILES string of the molecule is Cc1cccn2cc(CC(=O)NCCN3CCN(C(=O)OC(C)(C)C)CC3)nc12. The van der Waals surface area contributed by atoms with E-state index in [1.54, 1.807) is 4.90 Å².